The summed E-state index contributed by atoms with van der Waals surface area (Å²) in [6, 6.07) is 9.35. The molecule has 0 bridgehead atoms. The zero-order valence-electron chi connectivity index (χ0n) is 10.4. The molecule has 0 aliphatic heterocycles. The minimum absolute atomic E-state index is 0.333. The van der Waals surface area contributed by atoms with Crippen molar-refractivity contribution in [2.24, 2.45) is 0 Å². The van der Waals surface area contributed by atoms with Crippen molar-refractivity contribution in [3.8, 4) is 0 Å². The van der Waals surface area contributed by atoms with Gasteiger partial charge in [-0.05, 0) is 48.2 Å². The van der Waals surface area contributed by atoms with Gasteiger partial charge in [-0.1, -0.05) is 23.7 Å². The van der Waals surface area contributed by atoms with Gasteiger partial charge in [0.05, 0.1) is 0 Å². The molecule has 0 aliphatic carbocycles. The standard InChI is InChI=1S/C14H13ClN2O2/c1-9-5-13(17-14(18)19)16-8-11(9)6-10-3-2-4-12(15)7-10/h2-5,7-8H,6H2,1H3,(H,16,17)(H,18,19). The monoisotopic (exact) mass is 276 g/mol. The second-order valence-electron chi connectivity index (χ2n) is 4.23. The molecule has 2 rings (SSSR count). The van der Waals surface area contributed by atoms with Gasteiger partial charge in [-0.15, -0.1) is 0 Å². The van der Waals surface area contributed by atoms with E-state index in [2.05, 4.69) is 10.3 Å². The van der Waals surface area contributed by atoms with Crippen LogP contribution in [0, 0.1) is 6.92 Å². The van der Waals surface area contributed by atoms with E-state index < -0.39 is 6.09 Å². The fourth-order valence-corrected chi connectivity index (χ4v) is 2.03. The van der Waals surface area contributed by atoms with E-state index in [9.17, 15) is 4.79 Å². The lowest BCUT2D eigenvalue weighted by Gasteiger charge is -2.08. The van der Waals surface area contributed by atoms with Gasteiger partial charge < -0.3 is 5.11 Å². The van der Waals surface area contributed by atoms with Gasteiger partial charge in [-0.25, -0.2) is 9.78 Å². The highest BCUT2D eigenvalue weighted by Crippen LogP contribution is 2.18. The molecular formula is C14H13ClN2O2. The summed E-state index contributed by atoms with van der Waals surface area (Å²) in [5.41, 5.74) is 3.12. The third kappa shape index (κ3) is 3.69. The van der Waals surface area contributed by atoms with Gasteiger partial charge in [0.15, 0.2) is 0 Å². The molecule has 0 fully saturated rings. The highest BCUT2D eigenvalue weighted by Gasteiger charge is 2.05. The van der Waals surface area contributed by atoms with Crippen LogP contribution in [0.25, 0.3) is 0 Å². The number of halogens is 1. The molecule has 5 heteroatoms. The zero-order valence-corrected chi connectivity index (χ0v) is 11.1. The quantitative estimate of drug-likeness (QED) is 0.898. The lowest BCUT2D eigenvalue weighted by molar-refractivity contribution is 0.209. The minimum atomic E-state index is -1.12. The number of nitrogens with one attached hydrogen (secondary N) is 1. The number of carboxylic acid groups (broad SMARTS) is 1. The maximum atomic E-state index is 10.5. The van der Waals surface area contributed by atoms with Crippen LogP contribution in [0.2, 0.25) is 5.02 Å². The fourth-order valence-electron chi connectivity index (χ4n) is 1.81. The molecule has 0 radical (unpaired) electrons. The van der Waals surface area contributed by atoms with Gasteiger partial charge in [0, 0.05) is 11.2 Å². The molecule has 0 saturated heterocycles. The first-order valence-corrected chi connectivity index (χ1v) is 6.12. The Morgan fingerprint density at radius 2 is 2.21 bits per heavy atom. The van der Waals surface area contributed by atoms with E-state index in [1.165, 1.54) is 0 Å². The number of aromatic nitrogens is 1. The topological polar surface area (TPSA) is 62.2 Å². The maximum Gasteiger partial charge on any atom is 0.410 e. The summed E-state index contributed by atoms with van der Waals surface area (Å²) in [4.78, 5) is 14.6. The predicted octanol–water partition coefficient (Wildman–Crippen LogP) is 3.72. The average Bonchev–Trinajstić information content (AvgIpc) is 2.32. The Morgan fingerprint density at radius 1 is 1.42 bits per heavy atom. The Labute approximate surface area is 116 Å². The molecule has 1 heterocycles. The Bertz CT molecular complexity index is 614. The average molecular weight is 277 g/mol. The van der Waals surface area contributed by atoms with Crippen LogP contribution in [-0.2, 0) is 6.42 Å². The first-order valence-electron chi connectivity index (χ1n) is 5.74. The molecule has 1 amide bonds. The summed E-state index contributed by atoms with van der Waals surface area (Å²) < 4.78 is 0. The minimum Gasteiger partial charge on any atom is -0.465 e. The van der Waals surface area contributed by atoms with Crippen molar-refractivity contribution in [3.63, 3.8) is 0 Å². The number of benzene rings is 1. The van der Waals surface area contributed by atoms with Crippen LogP contribution in [0.15, 0.2) is 36.5 Å². The Hall–Kier alpha value is -2.07. The molecule has 2 N–H and O–H groups in total. The first kappa shape index (κ1) is 13.4. The largest absolute Gasteiger partial charge is 0.465 e. The van der Waals surface area contributed by atoms with Crippen LogP contribution in [0.1, 0.15) is 16.7 Å². The van der Waals surface area contributed by atoms with Crippen molar-refractivity contribution in [2.75, 3.05) is 5.32 Å². The first-order chi connectivity index (χ1) is 9.04. The third-order valence-electron chi connectivity index (χ3n) is 2.74. The van der Waals surface area contributed by atoms with Crippen LogP contribution >= 0.6 is 11.6 Å². The number of aryl methyl sites for hydroxylation is 1. The number of carbonyl (C=O) groups is 1. The van der Waals surface area contributed by atoms with Crippen molar-refractivity contribution in [1.29, 1.82) is 0 Å². The van der Waals surface area contributed by atoms with Crippen molar-refractivity contribution in [1.82, 2.24) is 4.98 Å². The second kappa shape index (κ2) is 5.71. The van der Waals surface area contributed by atoms with E-state index >= 15 is 0 Å². The third-order valence-corrected chi connectivity index (χ3v) is 2.97. The number of nitrogens with zero attached hydrogens (tertiary/aromatic N) is 1. The summed E-state index contributed by atoms with van der Waals surface area (Å²) >= 11 is 5.94. The molecule has 0 spiro atoms. The van der Waals surface area contributed by atoms with E-state index in [0.29, 0.717) is 17.3 Å². The second-order valence-corrected chi connectivity index (χ2v) is 4.67. The van der Waals surface area contributed by atoms with Crippen LogP contribution < -0.4 is 5.32 Å². The van der Waals surface area contributed by atoms with Crippen molar-refractivity contribution in [2.45, 2.75) is 13.3 Å². The van der Waals surface area contributed by atoms with E-state index in [1.54, 1.807) is 12.3 Å². The normalized spacial score (nSPS) is 10.2. The lowest BCUT2D eigenvalue weighted by Crippen LogP contribution is -2.09. The zero-order chi connectivity index (χ0) is 13.8. The number of hydrogen-bond acceptors (Lipinski definition) is 2. The van der Waals surface area contributed by atoms with Crippen molar-refractivity contribution < 1.29 is 9.90 Å². The summed E-state index contributed by atoms with van der Waals surface area (Å²) in [6.45, 7) is 1.93. The molecule has 4 nitrogen and oxygen atoms in total. The summed E-state index contributed by atoms with van der Waals surface area (Å²) in [6.07, 6.45) is 1.28. The van der Waals surface area contributed by atoms with Gasteiger partial charge in [-0.2, -0.15) is 0 Å². The molecule has 0 aliphatic rings. The number of anilines is 1. The Kier molecular flexibility index (Phi) is 4.02. The molecule has 1 aromatic carbocycles. The molecule has 0 atom stereocenters. The number of pyridine rings is 1. The molecule has 0 unspecified atom stereocenters. The number of hydrogen-bond donors (Lipinski definition) is 2. The van der Waals surface area contributed by atoms with Crippen LogP contribution in [0.3, 0.4) is 0 Å². The van der Waals surface area contributed by atoms with Crippen LogP contribution in [-0.4, -0.2) is 16.2 Å². The van der Waals surface area contributed by atoms with Crippen molar-refractivity contribution in [3.05, 3.63) is 58.2 Å². The molecule has 19 heavy (non-hydrogen) atoms. The summed E-state index contributed by atoms with van der Waals surface area (Å²) in [5, 5.41) is 11.6. The van der Waals surface area contributed by atoms with Gasteiger partial charge in [-0.3, -0.25) is 5.32 Å². The molecule has 0 saturated carbocycles. The van der Waals surface area contributed by atoms with E-state index in [1.807, 2.05) is 31.2 Å². The fraction of sp³-hybridized carbons (Fsp3) is 0.143. The highest BCUT2D eigenvalue weighted by atomic mass is 35.5. The highest BCUT2D eigenvalue weighted by molar-refractivity contribution is 6.30. The Balaban J connectivity index is 2.19. The number of rotatable bonds is 3. The molecule has 98 valence electrons. The van der Waals surface area contributed by atoms with Crippen molar-refractivity contribution >= 4 is 23.5 Å². The Morgan fingerprint density at radius 3 is 2.84 bits per heavy atom. The lowest BCUT2D eigenvalue weighted by atomic mass is 10.0. The van der Waals surface area contributed by atoms with Crippen LogP contribution in [0.4, 0.5) is 10.6 Å². The molecular weight excluding hydrogens is 264 g/mol. The van der Waals surface area contributed by atoms with E-state index in [4.69, 9.17) is 16.7 Å². The summed E-state index contributed by atoms with van der Waals surface area (Å²) in [7, 11) is 0. The van der Waals surface area contributed by atoms with Crippen LogP contribution in [0.5, 0.6) is 0 Å². The van der Waals surface area contributed by atoms with E-state index in [-0.39, 0.29) is 0 Å². The van der Waals surface area contributed by atoms with Gasteiger partial charge in [0.2, 0.25) is 0 Å². The number of amides is 1. The van der Waals surface area contributed by atoms with Gasteiger partial charge in [0.25, 0.3) is 0 Å². The van der Waals surface area contributed by atoms with E-state index in [0.717, 1.165) is 16.7 Å². The molecule has 1 aromatic heterocycles. The molecule has 2 aromatic rings. The maximum absolute atomic E-state index is 10.5. The van der Waals surface area contributed by atoms with Gasteiger partial charge >= 0.3 is 6.09 Å². The SMILES string of the molecule is Cc1cc(NC(=O)O)ncc1Cc1cccc(Cl)c1. The summed E-state index contributed by atoms with van der Waals surface area (Å²) in [5.74, 6) is 0.333. The smallest absolute Gasteiger partial charge is 0.410 e. The van der Waals surface area contributed by atoms with Gasteiger partial charge in [0.1, 0.15) is 5.82 Å². The predicted molar refractivity (Wildman–Crippen MR) is 74.9 cm³/mol.